The van der Waals surface area contributed by atoms with E-state index >= 15 is 0 Å². The SMILES string of the molecule is Cc1ccccc1Cn1c(C)c(C)c(C#N)c1N. The summed E-state index contributed by atoms with van der Waals surface area (Å²) in [4.78, 5) is 0. The maximum Gasteiger partial charge on any atom is 0.122 e. The number of rotatable bonds is 2. The lowest BCUT2D eigenvalue weighted by Crippen LogP contribution is -2.07. The van der Waals surface area contributed by atoms with Gasteiger partial charge in [-0.2, -0.15) is 5.26 Å². The van der Waals surface area contributed by atoms with Crippen molar-refractivity contribution in [3.8, 4) is 6.07 Å². The van der Waals surface area contributed by atoms with Gasteiger partial charge in [0.2, 0.25) is 0 Å². The van der Waals surface area contributed by atoms with Crippen LogP contribution >= 0.6 is 0 Å². The molecular weight excluding hydrogens is 222 g/mol. The van der Waals surface area contributed by atoms with Gasteiger partial charge in [0, 0.05) is 12.2 Å². The van der Waals surface area contributed by atoms with Gasteiger partial charge in [-0.05, 0) is 37.5 Å². The topological polar surface area (TPSA) is 54.7 Å². The van der Waals surface area contributed by atoms with Gasteiger partial charge in [0.05, 0.1) is 5.56 Å². The van der Waals surface area contributed by atoms with Crippen LogP contribution < -0.4 is 5.73 Å². The minimum absolute atomic E-state index is 0.566. The van der Waals surface area contributed by atoms with E-state index in [2.05, 4.69) is 25.1 Å². The van der Waals surface area contributed by atoms with Crippen LogP contribution in [-0.2, 0) is 6.54 Å². The molecule has 0 aliphatic carbocycles. The van der Waals surface area contributed by atoms with Crippen LogP contribution in [0.5, 0.6) is 0 Å². The maximum absolute atomic E-state index is 9.11. The zero-order valence-electron chi connectivity index (χ0n) is 11.0. The van der Waals surface area contributed by atoms with Gasteiger partial charge in [0.1, 0.15) is 11.9 Å². The predicted molar refractivity (Wildman–Crippen MR) is 73.3 cm³/mol. The average molecular weight is 239 g/mol. The molecule has 0 bridgehead atoms. The molecule has 92 valence electrons. The number of benzene rings is 1. The Bertz CT molecular complexity index is 630. The minimum atomic E-state index is 0.566. The van der Waals surface area contributed by atoms with Crippen molar-refractivity contribution in [3.63, 3.8) is 0 Å². The normalized spacial score (nSPS) is 10.3. The molecule has 3 heteroatoms. The van der Waals surface area contributed by atoms with E-state index in [1.807, 2.05) is 30.5 Å². The van der Waals surface area contributed by atoms with Crippen molar-refractivity contribution in [3.05, 3.63) is 52.2 Å². The number of hydrogen-bond donors (Lipinski definition) is 1. The van der Waals surface area contributed by atoms with E-state index in [0.29, 0.717) is 17.9 Å². The van der Waals surface area contributed by atoms with Crippen LogP contribution in [-0.4, -0.2) is 4.57 Å². The number of hydrogen-bond acceptors (Lipinski definition) is 2. The van der Waals surface area contributed by atoms with Crippen LogP contribution in [0.3, 0.4) is 0 Å². The molecule has 0 spiro atoms. The Balaban J connectivity index is 2.49. The van der Waals surface area contributed by atoms with Crippen molar-refractivity contribution in [1.29, 1.82) is 5.26 Å². The highest BCUT2D eigenvalue weighted by Gasteiger charge is 2.15. The summed E-state index contributed by atoms with van der Waals surface area (Å²) in [7, 11) is 0. The second kappa shape index (κ2) is 4.58. The molecule has 0 unspecified atom stereocenters. The van der Waals surface area contributed by atoms with E-state index in [0.717, 1.165) is 11.3 Å². The molecule has 0 amide bonds. The Labute approximate surface area is 107 Å². The summed E-state index contributed by atoms with van der Waals surface area (Å²) < 4.78 is 2.01. The van der Waals surface area contributed by atoms with Crippen molar-refractivity contribution >= 4 is 5.82 Å². The number of aryl methyl sites for hydroxylation is 1. The van der Waals surface area contributed by atoms with Crippen molar-refractivity contribution in [2.24, 2.45) is 0 Å². The lowest BCUT2D eigenvalue weighted by Gasteiger charge is -2.11. The summed E-state index contributed by atoms with van der Waals surface area (Å²) in [5.41, 5.74) is 11.2. The highest BCUT2D eigenvalue weighted by Crippen LogP contribution is 2.25. The van der Waals surface area contributed by atoms with E-state index in [4.69, 9.17) is 11.0 Å². The van der Waals surface area contributed by atoms with E-state index in [1.165, 1.54) is 11.1 Å². The van der Waals surface area contributed by atoms with Crippen LogP contribution in [0.4, 0.5) is 5.82 Å². The fraction of sp³-hybridized carbons (Fsp3) is 0.267. The average Bonchev–Trinajstić information content (AvgIpc) is 2.56. The number of nitriles is 1. The first-order valence-corrected chi connectivity index (χ1v) is 5.96. The van der Waals surface area contributed by atoms with Crippen LogP contribution in [0.1, 0.15) is 27.9 Å². The Morgan fingerprint density at radius 1 is 1.22 bits per heavy atom. The molecule has 3 nitrogen and oxygen atoms in total. The first kappa shape index (κ1) is 12.3. The molecule has 0 saturated heterocycles. The van der Waals surface area contributed by atoms with Crippen molar-refractivity contribution in [1.82, 2.24) is 4.57 Å². The summed E-state index contributed by atoms with van der Waals surface area (Å²) in [5, 5.41) is 9.11. The van der Waals surface area contributed by atoms with E-state index in [9.17, 15) is 0 Å². The minimum Gasteiger partial charge on any atom is -0.384 e. The second-order valence-corrected chi connectivity index (χ2v) is 4.60. The van der Waals surface area contributed by atoms with Gasteiger partial charge in [0.15, 0.2) is 0 Å². The Hall–Kier alpha value is -2.21. The van der Waals surface area contributed by atoms with Crippen LogP contribution in [0.25, 0.3) is 0 Å². The van der Waals surface area contributed by atoms with E-state index in [-0.39, 0.29) is 0 Å². The quantitative estimate of drug-likeness (QED) is 0.876. The number of nitrogens with zero attached hydrogens (tertiary/aromatic N) is 2. The Kier molecular flexibility index (Phi) is 3.12. The standard InChI is InChI=1S/C15H17N3/c1-10-6-4-5-7-13(10)9-18-12(3)11(2)14(8-16)15(18)17/h4-7H,9,17H2,1-3H3. The van der Waals surface area contributed by atoms with Gasteiger partial charge in [-0.3, -0.25) is 0 Å². The van der Waals surface area contributed by atoms with Crippen molar-refractivity contribution in [2.45, 2.75) is 27.3 Å². The molecule has 2 rings (SSSR count). The molecule has 0 aliphatic heterocycles. The van der Waals surface area contributed by atoms with Crippen LogP contribution in [0.15, 0.2) is 24.3 Å². The summed E-state index contributed by atoms with van der Waals surface area (Å²) >= 11 is 0. The molecule has 0 radical (unpaired) electrons. The Morgan fingerprint density at radius 2 is 1.89 bits per heavy atom. The summed E-state index contributed by atoms with van der Waals surface area (Å²) in [6.07, 6.45) is 0. The maximum atomic E-state index is 9.11. The van der Waals surface area contributed by atoms with Crippen molar-refractivity contribution < 1.29 is 0 Å². The van der Waals surface area contributed by atoms with Gasteiger partial charge in [-0.25, -0.2) is 0 Å². The first-order valence-electron chi connectivity index (χ1n) is 5.96. The molecule has 2 N–H and O–H groups in total. The van der Waals surface area contributed by atoms with Gasteiger partial charge in [0.25, 0.3) is 0 Å². The van der Waals surface area contributed by atoms with E-state index < -0.39 is 0 Å². The third-order valence-corrected chi connectivity index (χ3v) is 3.57. The summed E-state index contributed by atoms with van der Waals surface area (Å²) in [6.45, 7) is 6.75. The Morgan fingerprint density at radius 3 is 2.44 bits per heavy atom. The molecule has 0 atom stereocenters. The van der Waals surface area contributed by atoms with Crippen LogP contribution in [0, 0.1) is 32.1 Å². The molecule has 1 aromatic heterocycles. The number of anilines is 1. The molecule has 1 aromatic carbocycles. The smallest absolute Gasteiger partial charge is 0.122 e. The highest BCUT2D eigenvalue weighted by molar-refractivity contribution is 5.58. The zero-order valence-corrected chi connectivity index (χ0v) is 11.0. The highest BCUT2D eigenvalue weighted by atomic mass is 15.1. The number of nitrogens with two attached hydrogens (primary N) is 1. The van der Waals surface area contributed by atoms with Gasteiger partial charge >= 0.3 is 0 Å². The zero-order chi connectivity index (χ0) is 13.3. The summed E-state index contributed by atoms with van der Waals surface area (Å²) in [6, 6.07) is 10.4. The monoisotopic (exact) mass is 239 g/mol. The van der Waals surface area contributed by atoms with Crippen LogP contribution in [0.2, 0.25) is 0 Å². The number of aromatic nitrogens is 1. The third kappa shape index (κ3) is 1.86. The number of nitrogen functional groups attached to an aromatic ring is 1. The lowest BCUT2D eigenvalue weighted by molar-refractivity contribution is 0.779. The lowest BCUT2D eigenvalue weighted by atomic mass is 10.1. The van der Waals surface area contributed by atoms with Gasteiger partial charge in [-0.15, -0.1) is 0 Å². The molecule has 1 heterocycles. The molecule has 2 aromatic rings. The van der Waals surface area contributed by atoms with Gasteiger partial charge in [-0.1, -0.05) is 24.3 Å². The fourth-order valence-electron chi connectivity index (χ4n) is 2.19. The first-order chi connectivity index (χ1) is 8.56. The molecule has 0 aliphatic rings. The van der Waals surface area contributed by atoms with E-state index in [1.54, 1.807) is 0 Å². The molecule has 0 saturated carbocycles. The third-order valence-electron chi connectivity index (χ3n) is 3.57. The largest absolute Gasteiger partial charge is 0.384 e. The molecule has 18 heavy (non-hydrogen) atoms. The summed E-state index contributed by atoms with van der Waals surface area (Å²) in [5.74, 6) is 0.566. The predicted octanol–water partition coefficient (Wildman–Crippen LogP) is 2.92. The van der Waals surface area contributed by atoms with Gasteiger partial charge < -0.3 is 10.3 Å². The molecular formula is C15H17N3. The fourth-order valence-corrected chi connectivity index (χ4v) is 2.19. The van der Waals surface area contributed by atoms with Crippen molar-refractivity contribution in [2.75, 3.05) is 5.73 Å². The molecule has 0 fully saturated rings. The second-order valence-electron chi connectivity index (χ2n) is 4.60.